The molecule has 5 heteroatoms. The van der Waals surface area contributed by atoms with Gasteiger partial charge in [0.15, 0.2) is 0 Å². The molecular formula is C10H7BrN2O2. The number of nitrogens with zero attached hydrogens (tertiary/aromatic N) is 2. The van der Waals surface area contributed by atoms with Gasteiger partial charge in [-0.2, -0.15) is 0 Å². The molecular weight excluding hydrogens is 260 g/mol. The molecule has 0 aliphatic rings. The average molecular weight is 267 g/mol. The number of rotatable bonds is 1. The molecule has 1 aromatic carbocycles. The average Bonchev–Trinajstić information content (AvgIpc) is 2.16. The third kappa shape index (κ3) is 1.83. The highest BCUT2D eigenvalue weighted by atomic mass is 79.9. The topological polar surface area (TPSA) is 56.0 Å². The Morgan fingerprint density at radius 1 is 1.40 bits per heavy atom. The number of fused-ring (bicyclic) bond motifs is 1. The van der Waals surface area contributed by atoms with E-state index in [0.717, 1.165) is 20.9 Å². The summed E-state index contributed by atoms with van der Waals surface area (Å²) in [6.45, 7) is 1.82. The number of hydrogen-bond donors (Lipinski definition) is 0. The summed E-state index contributed by atoms with van der Waals surface area (Å²) >= 11 is 3.29. The number of nitro benzene ring substituents is 1. The number of aryl methyl sites for hydroxylation is 1. The van der Waals surface area contributed by atoms with Crippen LogP contribution >= 0.6 is 15.9 Å². The largest absolute Gasteiger partial charge is 0.270 e. The van der Waals surface area contributed by atoms with E-state index in [2.05, 4.69) is 20.9 Å². The highest BCUT2D eigenvalue weighted by Crippen LogP contribution is 2.25. The van der Waals surface area contributed by atoms with Crippen molar-refractivity contribution in [1.82, 2.24) is 4.98 Å². The Hall–Kier alpha value is -1.49. The second-order valence-corrected chi connectivity index (χ2v) is 4.16. The van der Waals surface area contributed by atoms with Gasteiger partial charge >= 0.3 is 0 Å². The maximum atomic E-state index is 10.7. The lowest BCUT2D eigenvalue weighted by Crippen LogP contribution is -1.91. The van der Waals surface area contributed by atoms with Gasteiger partial charge in [-0.05, 0) is 34.5 Å². The van der Waals surface area contributed by atoms with Gasteiger partial charge in [-0.15, -0.1) is 0 Å². The monoisotopic (exact) mass is 266 g/mol. The molecule has 0 fully saturated rings. The fourth-order valence-electron chi connectivity index (χ4n) is 1.49. The lowest BCUT2D eigenvalue weighted by atomic mass is 10.1. The van der Waals surface area contributed by atoms with Crippen LogP contribution < -0.4 is 0 Å². The van der Waals surface area contributed by atoms with Gasteiger partial charge in [0.2, 0.25) is 0 Å². The Balaban J connectivity index is 2.79. The third-order valence-corrected chi connectivity index (χ3v) is 2.57. The molecule has 0 N–H and O–H groups in total. The summed E-state index contributed by atoms with van der Waals surface area (Å²) in [5.74, 6) is 0. The Kier molecular flexibility index (Phi) is 2.40. The van der Waals surface area contributed by atoms with E-state index in [1.165, 1.54) is 12.1 Å². The Morgan fingerprint density at radius 3 is 2.80 bits per heavy atom. The number of hydrogen-bond acceptors (Lipinski definition) is 3. The van der Waals surface area contributed by atoms with E-state index in [-0.39, 0.29) is 5.69 Å². The molecule has 0 aliphatic carbocycles. The van der Waals surface area contributed by atoms with Gasteiger partial charge in [0.1, 0.15) is 0 Å². The van der Waals surface area contributed by atoms with Gasteiger partial charge < -0.3 is 0 Å². The lowest BCUT2D eigenvalue weighted by molar-refractivity contribution is -0.384. The van der Waals surface area contributed by atoms with Gasteiger partial charge in [-0.25, -0.2) is 0 Å². The highest BCUT2D eigenvalue weighted by molar-refractivity contribution is 9.10. The maximum Gasteiger partial charge on any atom is 0.270 e. The second-order valence-electron chi connectivity index (χ2n) is 3.25. The zero-order chi connectivity index (χ0) is 11.0. The van der Waals surface area contributed by atoms with Crippen LogP contribution in [0.1, 0.15) is 5.56 Å². The molecule has 0 bridgehead atoms. The summed E-state index contributed by atoms with van der Waals surface area (Å²) in [6, 6.07) is 4.88. The van der Waals surface area contributed by atoms with E-state index in [4.69, 9.17) is 0 Å². The quantitative estimate of drug-likeness (QED) is 0.588. The summed E-state index contributed by atoms with van der Waals surface area (Å²) < 4.78 is 0.815. The molecule has 15 heavy (non-hydrogen) atoms. The van der Waals surface area contributed by atoms with Crippen LogP contribution in [0, 0.1) is 17.0 Å². The fourth-order valence-corrected chi connectivity index (χ4v) is 1.84. The zero-order valence-corrected chi connectivity index (χ0v) is 9.48. The van der Waals surface area contributed by atoms with E-state index < -0.39 is 4.92 Å². The summed E-state index contributed by atoms with van der Waals surface area (Å²) in [7, 11) is 0. The molecule has 0 aliphatic heterocycles. The van der Waals surface area contributed by atoms with Crippen LogP contribution in [0.5, 0.6) is 0 Å². The summed E-state index contributed by atoms with van der Waals surface area (Å²) in [5, 5.41) is 11.4. The van der Waals surface area contributed by atoms with Crippen molar-refractivity contribution in [2.24, 2.45) is 0 Å². The first-order valence-corrected chi connectivity index (χ1v) is 5.07. The standard InChI is InChI=1S/C10H7BrN2O2/c1-6-2-9(13(14)15)4-7-3-8(11)5-12-10(6)7/h2-5H,1H3. The first-order valence-electron chi connectivity index (χ1n) is 4.28. The van der Waals surface area contributed by atoms with Crippen molar-refractivity contribution in [2.75, 3.05) is 0 Å². The molecule has 0 saturated heterocycles. The van der Waals surface area contributed by atoms with Gasteiger partial charge in [0.25, 0.3) is 5.69 Å². The van der Waals surface area contributed by atoms with E-state index in [1.54, 1.807) is 6.20 Å². The predicted octanol–water partition coefficient (Wildman–Crippen LogP) is 3.21. The van der Waals surface area contributed by atoms with E-state index in [0.29, 0.717) is 0 Å². The van der Waals surface area contributed by atoms with Crippen molar-refractivity contribution in [3.63, 3.8) is 0 Å². The smallest absolute Gasteiger partial charge is 0.258 e. The van der Waals surface area contributed by atoms with Crippen molar-refractivity contribution >= 4 is 32.5 Å². The fraction of sp³-hybridized carbons (Fsp3) is 0.100. The van der Waals surface area contributed by atoms with Crippen LogP contribution in [0.2, 0.25) is 0 Å². The van der Waals surface area contributed by atoms with Gasteiger partial charge in [0.05, 0.1) is 10.4 Å². The maximum absolute atomic E-state index is 10.7. The molecule has 1 aromatic heterocycles. The molecule has 0 spiro atoms. The molecule has 0 amide bonds. The molecule has 1 heterocycles. The minimum Gasteiger partial charge on any atom is -0.258 e. The second kappa shape index (κ2) is 3.58. The molecule has 0 unspecified atom stereocenters. The Labute approximate surface area is 94.2 Å². The number of halogens is 1. The normalized spacial score (nSPS) is 10.5. The minimum absolute atomic E-state index is 0.0971. The van der Waals surface area contributed by atoms with E-state index in [9.17, 15) is 10.1 Å². The highest BCUT2D eigenvalue weighted by Gasteiger charge is 2.09. The van der Waals surface area contributed by atoms with Crippen LogP contribution in [0.4, 0.5) is 5.69 Å². The first-order chi connectivity index (χ1) is 7.08. The minimum atomic E-state index is -0.395. The number of nitro groups is 1. The third-order valence-electron chi connectivity index (χ3n) is 2.14. The van der Waals surface area contributed by atoms with Crippen LogP contribution in [-0.2, 0) is 0 Å². The first kappa shape index (κ1) is 10.0. The molecule has 76 valence electrons. The number of non-ortho nitro benzene ring substituents is 1. The van der Waals surface area contributed by atoms with Crippen molar-refractivity contribution < 1.29 is 4.92 Å². The summed E-state index contributed by atoms with van der Waals surface area (Å²) in [5.41, 5.74) is 1.70. The Morgan fingerprint density at radius 2 is 2.13 bits per heavy atom. The molecule has 0 radical (unpaired) electrons. The number of pyridine rings is 1. The predicted molar refractivity (Wildman–Crippen MR) is 60.8 cm³/mol. The summed E-state index contributed by atoms with van der Waals surface area (Å²) in [6.07, 6.45) is 1.68. The van der Waals surface area contributed by atoms with Crippen LogP contribution in [0.25, 0.3) is 10.9 Å². The van der Waals surface area contributed by atoms with Gasteiger partial charge in [-0.1, -0.05) is 0 Å². The summed E-state index contributed by atoms with van der Waals surface area (Å²) in [4.78, 5) is 14.5. The van der Waals surface area contributed by atoms with Crippen LogP contribution in [-0.4, -0.2) is 9.91 Å². The van der Waals surface area contributed by atoms with E-state index in [1.807, 2.05) is 13.0 Å². The SMILES string of the molecule is Cc1cc([N+](=O)[O-])cc2cc(Br)cnc12. The van der Waals surface area contributed by atoms with Crippen LogP contribution in [0.3, 0.4) is 0 Å². The molecule has 0 atom stereocenters. The molecule has 4 nitrogen and oxygen atoms in total. The van der Waals surface area contributed by atoms with Crippen LogP contribution in [0.15, 0.2) is 28.9 Å². The lowest BCUT2D eigenvalue weighted by Gasteiger charge is -2.01. The Bertz CT molecular complexity index is 554. The molecule has 2 aromatic rings. The zero-order valence-electron chi connectivity index (χ0n) is 7.90. The van der Waals surface area contributed by atoms with Gasteiger partial charge in [-0.3, -0.25) is 15.1 Å². The van der Waals surface area contributed by atoms with E-state index >= 15 is 0 Å². The molecule has 2 rings (SSSR count). The van der Waals surface area contributed by atoms with Crippen molar-refractivity contribution in [3.05, 3.63) is 44.5 Å². The van der Waals surface area contributed by atoms with Crippen molar-refractivity contribution in [1.29, 1.82) is 0 Å². The van der Waals surface area contributed by atoms with Gasteiger partial charge in [0, 0.05) is 28.2 Å². The van der Waals surface area contributed by atoms with Crippen molar-refractivity contribution in [2.45, 2.75) is 6.92 Å². The number of benzene rings is 1. The van der Waals surface area contributed by atoms with Crippen molar-refractivity contribution in [3.8, 4) is 0 Å². The molecule has 0 saturated carbocycles. The number of aromatic nitrogens is 1.